The van der Waals surface area contributed by atoms with Crippen LogP contribution in [0.5, 0.6) is 5.88 Å². The van der Waals surface area contributed by atoms with E-state index >= 15 is 0 Å². The highest BCUT2D eigenvalue weighted by atomic mass is 32.1. The molecule has 0 unspecified atom stereocenters. The Labute approximate surface area is 137 Å². The van der Waals surface area contributed by atoms with Crippen LogP contribution in [0, 0.1) is 0 Å². The van der Waals surface area contributed by atoms with Crippen molar-refractivity contribution < 1.29 is 9.53 Å². The predicted molar refractivity (Wildman–Crippen MR) is 87.3 cm³/mol. The van der Waals surface area contributed by atoms with E-state index in [1.807, 2.05) is 18.2 Å². The summed E-state index contributed by atoms with van der Waals surface area (Å²) in [6.07, 6.45) is 5.09. The van der Waals surface area contributed by atoms with Crippen LogP contribution >= 0.6 is 11.3 Å². The summed E-state index contributed by atoms with van der Waals surface area (Å²) in [7, 11) is 1.57. The van der Waals surface area contributed by atoms with E-state index in [0.717, 1.165) is 16.1 Å². The molecule has 0 aliphatic carbocycles. The number of thiazole rings is 1. The summed E-state index contributed by atoms with van der Waals surface area (Å²) in [4.78, 5) is 24.7. The molecule has 7 heteroatoms. The number of hydrogen-bond donors (Lipinski definition) is 1. The van der Waals surface area contributed by atoms with Crippen molar-refractivity contribution in [3.8, 4) is 16.5 Å². The zero-order valence-electron chi connectivity index (χ0n) is 12.4. The van der Waals surface area contributed by atoms with Crippen LogP contribution in [0.1, 0.15) is 16.1 Å². The smallest absolute Gasteiger partial charge is 0.271 e. The lowest BCUT2D eigenvalue weighted by Gasteiger charge is -2.02. The largest absolute Gasteiger partial charge is 0.481 e. The van der Waals surface area contributed by atoms with Gasteiger partial charge in [0.05, 0.1) is 7.11 Å². The maximum Gasteiger partial charge on any atom is 0.271 e. The number of amides is 1. The van der Waals surface area contributed by atoms with E-state index in [2.05, 4.69) is 20.3 Å². The minimum atomic E-state index is -0.210. The lowest BCUT2D eigenvalue weighted by Crippen LogP contribution is -2.23. The van der Waals surface area contributed by atoms with E-state index in [1.165, 1.54) is 11.3 Å². The van der Waals surface area contributed by atoms with Gasteiger partial charge in [0.1, 0.15) is 10.7 Å². The van der Waals surface area contributed by atoms with Crippen molar-refractivity contribution in [2.45, 2.75) is 6.54 Å². The molecular formula is C16H14N4O2S. The minimum absolute atomic E-state index is 0.210. The maximum atomic E-state index is 12.1. The molecule has 3 rings (SSSR count). The quantitative estimate of drug-likeness (QED) is 0.779. The number of methoxy groups -OCH3 is 1. The average Bonchev–Trinajstić information content (AvgIpc) is 3.11. The van der Waals surface area contributed by atoms with Gasteiger partial charge in [0, 0.05) is 42.1 Å². The lowest BCUT2D eigenvalue weighted by molar-refractivity contribution is 0.0946. The minimum Gasteiger partial charge on any atom is -0.481 e. The molecule has 3 aromatic heterocycles. The molecule has 116 valence electrons. The SMILES string of the molecule is COc1ccc(-c2nc(C(=O)NCc3cccnc3)cs2)cn1. The van der Waals surface area contributed by atoms with Gasteiger partial charge in [-0.15, -0.1) is 11.3 Å². The standard InChI is InChI=1S/C16H14N4O2S/c1-22-14-5-4-12(9-18-14)16-20-13(10-23-16)15(21)19-8-11-3-2-6-17-7-11/h2-7,9-10H,8H2,1H3,(H,19,21). The van der Waals surface area contributed by atoms with Crippen molar-refractivity contribution in [1.82, 2.24) is 20.3 Å². The van der Waals surface area contributed by atoms with Crippen LogP contribution in [0.4, 0.5) is 0 Å². The topological polar surface area (TPSA) is 77.0 Å². The van der Waals surface area contributed by atoms with E-state index in [-0.39, 0.29) is 5.91 Å². The molecule has 0 saturated heterocycles. The molecule has 0 aliphatic rings. The fourth-order valence-corrected chi connectivity index (χ4v) is 2.70. The first-order valence-electron chi connectivity index (χ1n) is 6.89. The summed E-state index contributed by atoms with van der Waals surface area (Å²) in [5.74, 6) is 0.331. The highest BCUT2D eigenvalue weighted by molar-refractivity contribution is 7.13. The lowest BCUT2D eigenvalue weighted by atomic mass is 10.3. The Morgan fingerprint density at radius 2 is 2.22 bits per heavy atom. The summed E-state index contributed by atoms with van der Waals surface area (Å²) in [6, 6.07) is 7.36. The predicted octanol–water partition coefficient (Wildman–Crippen LogP) is 2.54. The van der Waals surface area contributed by atoms with Crippen LogP contribution < -0.4 is 10.1 Å². The van der Waals surface area contributed by atoms with E-state index in [4.69, 9.17) is 4.74 Å². The van der Waals surface area contributed by atoms with Crippen LogP contribution in [0.25, 0.3) is 10.6 Å². The van der Waals surface area contributed by atoms with Gasteiger partial charge in [-0.2, -0.15) is 0 Å². The number of hydrogen-bond acceptors (Lipinski definition) is 6. The number of carbonyl (C=O) groups excluding carboxylic acids is 1. The second-order valence-corrected chi connectivity index (χ2v) is 5.53. The summed E-state index contributed by atoms with van der Waals surface area (Å²) >= 11 is 1.40. The summed E-state index contributed by atoms with van der Waals surface area (Å²) in [5.41, 5.74) is 2.18. The van der Waals surface area contributed by atoms with E-state index in [9.17, 15) is 4.79 Å². The Bertz CT molecular complexity index is 787. The van der Waals surface area contributed by atoms with Gasteiger partial charge >= 0.3 is 0 Å². The third-order valence-corrected chi connectivity index (χ3v) is 4.00. The molecule has 6 nitrogen and oxygen atoms in total. The molecular weight excluding hydrogens is 312 g/mol. The van der Waals surface area contributed by atoms with Gasteiger partial charge in [0.15, 0.2) is 0 Å². The zero-order chi connectivity index (χ0) is 16.1. The number of ether oxygens (including phenoxy) is 1. The molecule has 3 heterocycles. The number of pyridine rings is 2. The fourth-order valence-electron chi connectivity index (χ4n) is 1.91. The second-order valence-electron chi connectivity index (χ2n) is 4.67. The molecule has 0 aromatic carbocycles. The van der Waals surface area contributed by atoms with Gasteiger partial charge < -0.3 is 10.1 Å². The molecule has 3 aromatic rings. The molecule has 0 aliphatic heterocycles. The van der Waals surface area contributed by atoms with Crippen molar-refractivity contribution in [3.05, 3.63) is 59.5 Å². The van der Waals surface area contributed by atoms with E-state index in [0.29, 0.717) is 18.1 Å². The first kappa shape index (κ1) is 15.1. The van der Waals surface area contributed by atoms with Crippen molar-refractivity contribution in [3.63, 3.8) is 0 Å². The maximum absolute atomic E-state index is 12.1. The Hall–Kier alpha value is -2.80. The summed E-state index contributed by atoms with van der Waals surface area (Å²) < 4.78 is 5.03. The molecule has 0 bridgehead atoms. The van der Waals surface area contributed by atoms with Gasteiger partial charge in [-0.25, -0.2) is 9.97 Å². The van der Waals surface area contributed by atoms with Crippen molar-refractivity contribution in [1.29, 1.82) is 0 Å². The molecule has 0 saturated carbocycles. The monoisotopic (exact) mass is 326 g/mol. The van der Waals surface area contributed by atoms with Crippen molar-refractivity contribution >= 4 is 17.2 Å². The van der Waals surface area contributed by atoms with Gasteiger partial charge in [-0.1, -0.05) is 6.07 Å². The molecule has 0 fully saturated rings. The van der Waals surface area contributed by atoms with E-state index < -0.39 is 0 Å². The third-order valence-electron chi connectivity index (χ3n) is 3.11. The molecule has 0 atom stereocenters. The van der Waals surface area contributed by atoms with Crippen LogP contribution in [-0.2, 0) is 6.54 Å². The van der Waals surface area contributed by atoms with Crippen LogP contribution in [0.3, 0.4) is 0 Å². The Morgan fingerprint density at radius 1 is 1.30 bits per heavy atom. The van der Waals surface area contributed by atoms with Gasteiger partial charge in [-0.05, 0) is 17.7 Å². The Kier molecular flexibility index (Phi) is 4.58. The number of aromatic nitrogens is 3. The van der Waals surface area contributed by atoms with Crippen LogP contribution in [0.15, 0.2) is 48.2 Å². The number of rotatable bonds is 5. The number of nitrogens with one attached hydrogen (secondary N) is 1. The van der Waals surface area contributed by atoms with Gasteiger partial charge in [0.2, 0.25) is 5.88 Å². The molecule has 1 N–H and O–H groups in total. The second kappa shape index (κ2) is 6.97. The Morgan fingerprint density at radius 3 is 2.91 bits per heavy atom. The first-order valence-corrected chi connectivity index (χ1v) is 7.77. The van der Waals surface area contributed by atoms with Crippen molar-refractivity contribution in [2.75, 3.05) is 7.11 Å². The number of nitrogens with zero attached hydrogens (tertiary/aromatic N) is 3. The zero-order valence-corrected chi connectivity index (χ0v) is 13.2. The molecule has 23 heavy (non-hydrogen) atoms. The van der Waals surface area contributed by atoms with Gasteiger partial charge in [0.25, 0.3) is 5.91 Å². The van der Waals surface area contributed by atoms with Crippen molar-refractivity contribution in [2.24, 2.45) is 0 Å². The van der Waals surface area contributed by atoms with Gasteiger partial charge in [-0.3, -0.25) is 9.78 Å². The normalized spacial score (nSPS) is 10.3. The molecule has 1 amide bonds. The first-order chi connectivity index (χ1) is 11.3. The number of carbonyl (C=O) groups is 1. The summed E-state index contributed by atoms with van der Waals surface area (Å²) in [5, 5.41) is 5.30. The van der Waals surface area contributed by atoms with Crippen LogP contribution in [0.2, 0.25) is 0 Å². The fraction of sp³-hybridized carbons (Fsp3) is 0.125. The average molecular weight is 326 g/mol. The molecule has 0 spiro atoms. The highest BCUT2D eigenvalue weighted by Crippen LogP contribution is 2.24. The highest BCUT2D eigenvalue weighted by Gasteiger charge is 2.12. The third kappa shape index (κ3) is 3.70. The molecule has 0 radical (unpaired) electrons. The Balaban J connectivity index is 1.67. The van der Waals surface area contributed by atoms with Crippen LogP contribution in [-0.4, -0.2) is 28.0 Å². The summed E-state index contributed by atoms with van der Waals surface area (Å²) in [6.45, 7) is 0.420. The van der Waals surface area contributed by atoms with E-state index in [1.54, 1.807) is 37.1 Å².